The van der Waals surface area contributed by atoms with Crippen LogP contribution in [0.2, 0.25) is 10.0 Å². The molecular formula is C22H13Cl2N3O6S. The molecule has 1 saturated heterocycles. The number of amides is 3. The molecule has 1 aromatic heterocycles. The first-order valence-corrected chi connectivity index (χ1v) is 11.1. The number of carbonyl (C=O) groups is 3. The summed E-state index contributed by atoms with van der Waals surface area (Å²) in [6.45, 7) is -0.481. The van der Waals surface area contributed by atoms with E-state index in [-0.39, 0.29) is 21.4 Å². The van der Waals surface area contributed by atoms with E-state index < -0.39 is 28.5 Å². The van der Waals surface area contributed by atoms with Gasteiger partial charge in [0.25, 0.3) is 16.8 Å². The van der Waals surface area contributed by atoms with Gasteiger partial charge in [0.15, 0.2) is 0 Å². The van der Waals surface area contributed by atoms with Gasteiger partial charge in [0.1, 0.15) is 23.1 Å². The van der Waals surface area contributed by atoms with E-state index in [1.807, 2.05) is 0 Å². The zero-order valence-electron chi connectivity index (χ0n) is 17.0. The normalized spacial score (nSPS) is 14.6. The second kappa shape index (κ2) is 9.72. The fraction of sp³-hybridized carbons (Fsp3) is 0.0455. The molecule has 172 valence electrons. The number of rotatable bonds is 6. The lowest BCUT2D eigenvalue weighted by molar-refractivity contribution is -0.384. The van der Waals surface area contributed by atoms with Gasteiger partial charge in [-0.3, -0.25) is 29.4 Å². The average molecular weight is 518 g/mol. The maximum atomic E-state index is 12.7. The smallest absolute Gasteiger partial charge is 0.294 e. The average Bonchev–Trinajstić information content (AvgIpc) is 3.36. The minimum Gasteiger partial charge on any atom is -0.457 e. The molecule has 2 aromatic carbocycles. The Kier molecular flexibility index (Phi) is 6.73. The lowest BCUT2D eigenvalue weighted by Crippen LogP contribution is -2.36. The molecule has 1 N–H and O–H groups in total. The highest BCUT2D eigenvalue weighted by Gasteiger charge is 2.36. The van der Waals surface area contributed by atoms with E-state index in [1.54, 1.807) is 42.5 Å². The highest BCUT2D eigenvalue weighted by molar-refractivity contribution is 8.18. The van der Waals surface area contributed by atoms with Crippen LogP contribution in [-0.4, -0.2) is 33.4 Å². The third-order valence-corrected chi connectivity index (χ3v) is 6.21. The number of carbonyl (C=O) groups excluding carboxylic acids is 3. The van der Waals surface area contributed by atoms with E-state index in [9.17, 15) is 24.5 Å². The van der Waals surface area contributed by atoms with Gasteiger partial charge in [0, 0.05) is 17.7 Å². The van der Waals surface area contributed by atoms with Crippen molar-refractivity contribution in [3.05, 3.63) is 85.4 Å². The van der Waals surface area contributed by atoms with Crippen molar-refractivity contribution in [2.75, 3.05) is 11.9 Å². The van der Waals surface area contributed by atoms with Gasteiger partial charge in [-0.2, -0.15) is 0 Å². The summed E-state index contributed by atoms with van der Waals surface area (Å²) in [5.41, 5.74) is 0.510. The van der Waals surface area contributed by atoms with Crippen LogP contribution in [-0.2, 0) is 9.59 Å². The van der Waals surface area contributed by atoms with E-state index in [0.717, 1.165) is 4.90 Å². The lowest BCUT2D eigenvalue weighted by Gasteiger charge is -2.13. The Hall–Kier alpha value is -3.60. The molecule has 1 aliphatic rings. The van der Waals surface area contributed by atoms with Crippen molar-refractivity contribution >= 4 is 69.5 Å². The van der Waals surface area contributed by atoms with E-state index in [1.165, 1.54) is 18.2 Å². The Morgan fingerprint density at radius 3 is 2.62 bits per heavy atom. The van der Waals surface area contributed by atoms with Crippen molar-refractivity contribution < 1.29 is 23.7 Å². The molecule has 0 spiro atoms. The predicted octanol–water partition coefficient (Wildman–Crippen LogP) is 5.84. The van der Waals surface area contributed by atoms with Gasteiger partial charge in [-0.25, -0.2) is 0 Å². The minimum atomic E-state index is -0.649. The number of nitro benzene ring substituents is 1. The fourth-order valence-corrected chi connectivity index (χ4v) is 4.24. The summed E-state index contributed by atoms with van der Waals surface area (Å²) in [5, 5.41) is 13.4. The van der Waals surface area contributed by atoms with Gasteiger partial charge in [-0.1, -0.05) is 35.3 Å². The number of furan rings is 1. The molecule has 0 atom stereocenters. The summed E-state index contributed by atoms with van der Waals surface area (Å²) >= 11 is 12.5. The summed E-state index contributed by atoms with van der Waals surface area (Å²) in [4.78, 5) is 48.7. The van der Waals surface area contributed by atoms with Crippen molar-refractivity contribution in [1.29, 1.82) is 0 Å². The second-order valence-corrected chi connectivity index (χ2v) is 8.73. The standard InChI is InChI=1S/C22H13Cl2N3O6S/c23-14-3-1-2-4-16(14)25-20(28)11-26-21(29)19(34-22(26)30)10-13-6-8-18(33-13)12-5-7-15(24)17(9-12)27(31)32/h1-10H,11H2,(H,25,28)/b19-10-. The fourth-order valence-electron chi connectivity index (χ4n) is 3.05. The number of thioether (sulfide) groups is 1. The van der Waals surface area contributed by atoms with Gasteiger partial charge < -0.3 is 9.73 Å². The Bertz CT molecular complexity index is 1370. The summed E-state index contributed by atoms with van der Waals surface area (Å²) in [6.07, 6.45) is 1.37. The summed E-state index contributed by atoms with van der Waals surface area (Å²) < 4.78 is 5.67. The molecule has 34 heavy (non-hydrogen) atoms. The molecule has 3 amide bonds. The van der Waals surface area contributed by atoms with Crippen LogP contribution in [0.1, 0.15) is 5.76 Å². The molecule has 1 fully saturated rings. The molecule has 0 radical (unpaired) electrons. The molecule has 9 nitrogen and oxygen atoms in total. The van der Waals surface area contributed by atoms with Crippen molar-refractivity contribution in [2.45, 2.75) is 0 Å². The first kappa shape index (κ1) is 23.6. The van der Waals surface area contributed by atoms with Gasteiger partial charge >= 0.3 is 0 Å². The highest BCUT2D eigenvalue weighted by atomic mass is 35.5. The van der Waals surface area contributed by atoms with Crippen LogP contribution in [0.3, 0.4) is 0 Å². The summed E-state index contributed by atoms with van der Waals surface area (Å²) in [7, 11) is 0. The van der Waals surface area contributed by atoms with Crippen LogP contribution in [0.15, 0.2) is 63.9 Å². The third-order valence-electron chi connectivity index (χ3n) is 4.65. The zero-order valence-corrected chi connectivity index (χ0v) is 19.3. The molecule has 1 aliphatic heterocycles. The quantitative estimate of drug-likeness (QED) is 0.247. The number of nitro groups is 1. The van der Waals surface area contributed by atoms with Crippen LogP contribution in [0.5, 0.6) is 0 Å². The van der Waals surface area contributed by atoms with Gasteiger partial charge in [0.2, 0.25) is 5.91 Å². The number of nitrogens with one attached hydrogen (secondary N) is 1. The lowest BCUT2D eigenvalue weighted by atomic mass is 10.1. The van der Waals surface area contributed by atoms with Crippen LogP contribution in [0.4, 0.5) is 16.2 Å². The molecule has 4 rings (SSSR count). The predicted molar refractivity (Wildman–Crippen MR) is 129 cm³/mol. The Labute approximate surface area is 206 Å². The highest BCUT2D eigenvalue weighted by Crippen LogP contribution is 2.35. The molecule has 12 heteroatoms. The van der Waals surface area contributed by atoms with Gasteiger partial charge in [-0.05, 0) is 48.2 Å². The molecule has 0 unspecified atom stereocenters. The molecule has 0 saturated carbocycles. The van der Waals surface area contributed by atoms with Crippen molar-refractivity contribution in [1.82, 2.24) is 4.90 Å². The van der Waals surface area contributed by atoms with Crippen molar-refractivity contribution in [2.24, 2.45) is 0 Å². The third kappa shape index (κ3) is 4.98. The van der Waals surface area contributed by atoms with Gasteiger partial charge in [0.05, 0.1) is 20.5 Å². The molecular weight excluding hydrogens is 505 g/mol. The Morgan fingerprint density at radius 2 is 1.88 bits per heavy atom. The second-order valence-electron chi connectivity index (χ2n) is 6.92. The number of benzene rings is 2. The first-order valence-electron chi connectivity index (χ1n) is 9.57. The maximum absolute atomic E-state index is 12.7. The number of anilines is 1. The monoisotopic (exact) mass is 517 g/mol. The number of hydrogen-bond donors (Lipinski definition) is 1. The van der Waals surface area contributed by atoms with Crippen LogP contribution < -0.4 is 5.32 Å². The van der Waals surface area contributed by atoms with E-state index >= 15 is 0 Å². The number of hydrogen-bond acceptors (Lipinski definition) is 7. The Morgan fingerprint density at radius 1 is 1.12 bits per heavy atom. The number of halogens is 2. The number of imide groups is 1. The number of nitrogens with zero attached hydrogens (tertiary/aromatic N) is 2. The summed E-state index contributed by atoms with van der Waals surface area (Å²) in [5.74, 6) is -0.673. The van der Waals surface area contributed by atoms with Crippen molar-refractivity contribution in [3.8, 4) is 11.3 Å². The van der Waals surface area contributed by atoms with Crippen LogP contribution in [0, 0.1) is 10.1 Å². The summed E-state index contributed by atoms with van der Waals surface area (Å²) in [6, 6.07) is 13.9. The maximum Gasteiger partial charge on any atom is 0.294 e. The molecule has 2 heterocycles. The topological polar surface area (TPSA) is 123 Å². The Balaban J connectivity index is 1.48. The molecule has 0 aliphatic carbocycles. The van der Waals surface area contributed by atoms with E-state index in [0.29, 0.717) is 33.8 Å². The van der Waals surface area contributed by atoms with Crippen molar-refractivity contribution in [3.63, 3.8) is 0 Å². The zero-order chi connectivity index (χ0) is 24.4. The van der Waals surface area contributed by atoms with Crippen LogP contribution in [0.25, 0.3) is 17.4 Å². The largest absolute Gasteiger partial charge is 0.457 e. The van der Waals surface area contributed by atoms with E-state index in [2.05, 4.69) is 5.32 Å². The van der Waals surface area contributed by atoms with Gasteiger partial charge in [-0.15, -0.1) is 0 Å². The first-order chi connectivity index (χ1) is 16.2. The SMILES string of the molecule is O=C(CN1C(=O)S/C(=C\c2ccc(-c3ccc(Cl)c([N+](=O)[O-])c3)o2)C1=O)Nc1ccccc1Cl. The molecule has 0 bridgehead atoms. The number of para-hydroxylation sites is 1. The minimum absolute atomic E-state index is 0.00669. The van der Waals surface area contributed by atoms with Crippen LogP contribution >= 0.6 is 35.0 Å². The van der Waals surface area contributed by atoms with E-state index in [4.69, 9.17) is 27.6 Å². The molecule has 3 aromatic rings.